The van der Waals surface area contributed by atoms with Crippen molar-refractivity contribution in [2.45, 2.75) is 4.34 Å². The number of aromatic nitrogens is 2. The third-order valence-corrected chi connectivity index (χ3v) is 4.37. The van der Waals surface area contributed by atoms with Crippen LogP contribution in [0.5, 0.6) is 11.5 Å². The Balaban J connectivity index is 1.97. The Morgan fingerprint density at radius 1 is 1.30 bits per heavy atom. The monoisotopic (exact) mass is 351 g/mol. The lowest BCUT2D eigenvalue weighted by Gasteiger charge is -2.10. The smallest absolute Gasteiger partial charge is 0.325 e. The van der Waals surface area contributed by atoms with E-state index in [0.717, 1.165) is 0 Å². The van der Waals surface area contributed by atoms with E-state index in [9.17, 15) is 4.79 Å². The van der Waals surface area contributed by atoms with E-state index in [2.05, 4.69) is 20.8 Å². The molecule has 1 aromatic heterocycles. The van der Waals surface area contributed by atoms with Gasteiger partial charge in [-0.3, -0.25) is 5.32 Å². The second kappa shape index (κ2) is 8.21. The summed E-state index contributed by atoms with van der Waals surface area (Å²) in [5.74, 6) is 1.37. The number of hydrogen-bond donors (Lipinski definition) is 2. The van der Waals surface area contributed by atoms with Crippen molar-refractivity contribution in [3.63, 3.8) is 0 Å². The van der Waals surface area contributed by atoms with E-state index in [0.29, 0.717) is 26.7 Å². The quantitative estimate of drug-likeness (QED) is 0.608. The van der Waals surface area contributed by atoms with E-state index in [1.165, 1.54) is 37.3 Å². The summed E-state index contributed by atoms with van der Waals surface area (Å²) >= 11 is 2.46. The zero-order chi connectivity index (χ0) is 16.7. The highest BCUT2D eigenvalue weighted by Crippen LogP contribution is 2.30. The fraction of sp³-hybridized carbons (Fsp3) is 0.231. The molecule has 0 radical (unpaired) electrons. The average Bonchev–Trinajstić information content (AvgIpc) is 2.99. The van der Waals surface area contributed by atoms with Gasteiger partial charge in [0.05, 0.1) is 26.0 Å². The van der Waals surface area contributed by atoms with Crippen molar-refractivity contribution < 1.29 is 14.3 Å². The van der Waals surface area contributed by atoms with E-state index in [-0.39, 0.29) is 5.75 Å². The molecule has 2 aromatic rings. The van der Waals surface area contributed by atoms with Crippen LogP contribution in [0.1, 0.15) is 0 Å². The van der Waals surface area contributed by atoms with Crippen LogP contribution < -0.4 is 20.1 Å². The summed E-state index contributed by atoms with van der Waals surface area (Å²) in [5.41, 5.74) is 0.545. The van der Waals surface area contributed by atoms with Crippen LogP contribution in [0.25, 0.3) is 0 Å². The third-order valence-electron chi connectivity index (χ3n) is 2.53. The molecule has 0 unspecified atom stereocenters. The fourth-order valence-electron chi connectivity index (χ4n) is 1.59. The molecule has 0 bridgehead atoms. The van der Waals surface area contributed by atoms with Gasteiger partial charge in [0.1, 0.15) is 0 Å². The second-order valence-electron chi connectivity index (χ2n) is 3.97. The average molecular weight is 351 g/mol. The molecule has 10 heteroatoms. The minimum atomic E-state index is -0.454. The maximum Gasteiger partial charge on any atom is 0.325 e. The van der Waals surface area contributed by atoms with Gasteiger partial charge in [-0.2, -0.15) is 5.26 Å². The highest BCUT2D eigenvalue weighted by Gasteiger charge is 2.10. The largest absolute Gasteiger partial charge is 0.493 e. The molecule has 2 rings (SSSR count). The summed E-state index contributed by atoms with van der Waals surface area (Å²) in [4.78, 5) is 11.9. The molecule has 1 aromatic carbocycles. The molecule has 0 atom stereocenters. The van der Waals surface area contributed by atoms with Gasteiger partial charge in [-0.15, -0.1) is 10.2 Å². The molecule has 1 heterocycles. The van der Waals surface area contributed by atoms with Crippen LogP contribution in [-0.4, -0.2) is 36.2 Å². The summed E-state index contributed by atoms with van der Waals surface area (Å²) in [7, 11) is 3.05. The number of methoxy groups -OCH3 is 2. The van der Waals surface area contributed by atoms with Crippen molar-refractivity contribution in [2.75, 3.05) is 30.6 Å². The number of benzene rings is 1. The minimum absolute atomic E-state index is 0.284. The van der Waals surface area contributed by atoms with Gasteiger partial charge in [0.2, 0.25) is 5.13 Å². The molecule has 2 N–H and O–H groups in total. The van der Waals surface area contributed by atoms with Crippen molar-refractivity contribution in [3.05, 3.63) is 18.2 Å². The molecule has 2 amide bonds. The summed E-state index contributed by atoms with van der Waals surface area (Å²) < 4.78 is 10.9. The number of hydrogen-bond acceptors (Lipinski definition) is 8. The molecule has 0 saturated heterocycles. The van der Waals surface area contributed by atoms with E-state index in [4.69, 9.17) is 14.7 Å². The highest BCUT2D eigenvalue weighted by molar-refractivity contribution is 8.01. The standard InChI is InChI=1S/C13H13N5O3S2/c1-20-9-4-3-8(7-10(9)21-2)15-11(19)16-12-17-18-13(23-12)22-6-5-14/h3-4,7H,6H2,1-2H3,(H2,15,16,17,19). The number of amides is 2. The summed E-state index contributed by atoms with van der Waals surface area (Å²) in [5, 5.41) is 21.8. The van der Waals surface area contributed by atoms with Crippen molar-refractivity contribution in [2.24, 2.45) is 0 Å². The lowest BCUT2D eigenvalue weighted by atomic mass is 10.3. The Labute approximate surface area is 140 Å². The van der Waals surface area contributed by atoms with Gasteiger partial charge in [-0.05, 0) is 12.1 Å². The number of rotatable bonds is 6. The number of thioether (sulfide) groups is 1. The van der Waals surface area contributed by atoms with Gasteiger partial charge < -0.3 is 14.8 Å². The molecule has 0 aliphatic heterocycles. The van der Waals surface area contributed by atoms with Crippen molar-refractivity contribution in [3.8, 4) is 17.6 Å². The Hall–Kier alpha value is -2.51. The fourth-order valence-corrected chi connectivity index (χ4v) is 2.99. The summed E-state index contributed by atoms with van der Waals surface area (Å²) in [6.45, 7) is 0. The normalized spacial score (nSPS) is 9.78. The van der Waals surface area contributed by atoms with Crippen molar-refractivity contribution >= 4 is 39.9 Å². The maximum atomic E-state index is 11.9. The first-order valence-electron chi connectivity index (χ1n) is 6.29. The van der Waals surface area contributed by atoms with Crippen molar-refractivity contribution in [1.82, 2.24) is 10.2 Å². The van der Waals surface area contributed by atoms with Crippen LogP contribution in [0, 0.1) is 11.3 Å². The Bertz CT molecular complexity index is 729. The highest BCUT2D eigenvalue weighted by atomic mass is 32.2. The first kappa shape index (κ1) is 16.9. The Morgan fingerprint density at radius 3 is 2.78 bits per heavy atom. The third kappa shape index (κ3) is 4.73. The molecule has 0 fully saturated rings. The minimum Gasteiger partial charge on any atom is -0.493 e. The van der Waals surface area contributed by atoms with Gasteiger partial charge in [-0.25, -0.2) is 4.79 Å². The van der Waals surface area contributed by atoms with Gasteiger partial charge in [0, 0.05) is 11.8 Å². The van der Waals surface area contributed by atoms with Gasteiger partial charge in [0.15, 0.2) is 15.8 Å². The number of ether oxygens (including phenoxy) is 2. The van der Waals surface area contributed by atoms with Gasteiger partial charge >= 0.3 is 6.03 Å². The van der Waals surface area contributed by atoms with Crippen molar-refractivity contribution in [1.29, 1.82) is 5.26 Å². The molecule has 0 spiro atoms. The Morgan fingerprint density at radius 2 is 2.09 bits per heavy atom. The number of anilines is 2. The SMILES string of the molecule is COc1ccc(NC(=O)Nc2nnc(SCC#N)s2)cc1OC. The van der Waals surface area contributed by atoms with Gasteiger partial charge in [0.25, 0.3) is 0 Å². The number of nitrogens with zero attached hydrogens (tertiary/aromatic N) is 3. The van der Waals surface area contributed by atoms with E-state index < -0.39 is 6.03 Å². The number of nitriles is 1. The number of urea groups is 1. The van der Waals surface area contributed by atoms with Crippen LogP contribution in [0.3, 0.4) is 0 Å². The zero-order valence-corrected chi connectivity index (χ0v) is 14.0. The first-order chi connectivity index (χ1) is 11.2. The summed E-state index contributed by atoms with van der Waals surface area (Å²) in [6, 6.07) is 6.57. The van der Waals surface area contributed by atoms with Gasteiger partial charge in [-0.1, -0.05) is 23.1 Å². The molecular formula is C13H13N5O3S2. The molecular weight excluding hydrogens is 338 g/mol. The molecule has 120 valence electrons. The number of carbonyl (C=O) groups excluding carboxylic acids is 1. The first-order valence-corrected chi connectivity index (χ1v) is 8.09. The maximum absolute atomic E-state index is 11.9. The van der Waals surface area contributed by atoms with Crippen LogP contribution in [0.2, 0.25) is 0 Å². The predicted molar refractivity (Wildman–Crippen MR) is 88.4 cm³/mol. The molecule has 0 aliphatic rings. The van der Waals surface area contributed by atoms with E-state index in [1.807, 2.05) is 6.07 Å². The molecule has 0 saturated carbocycles. The van der Waals surface area contributed by atoms with Crippen LogP contribution in [0.15, 0.2) is 22.5 Å². The lowest BCUT2D eigenvalue weighted by Crippen LogP contribution is -2.19. The molecule has 8 nitrogen and oxygen atoms in total. The lowest BCUT2D eigenvalue weighted by molar-refractivity contribution is 0.262. The molecule has 0 aliphatic carbocycles. The van der Waals surface area contributed by atoms with Crippen LogP contribution in [0.4, 0.5) is 15.6 Å². The predicted octanol–water partition coefficient (Wildman–Crippen LogP) is 2.81. The second-order valence-corrected chi connectivity index (χ2v) is 6.17. The number of carbonyl (C=O) groups is 1. The van der Waals surface area contributed by atoms with Crippen LogP contribution in [-0.2, 0) is 0 Å². The summed E-state index contributed by atoms with van der Waals surface area (Å²) in [6.07, 6.45) is 0. The van der Waals surface area contributed by atoms with E-state index in [1.54, 1.807) is 18.2 Å². The molecule has 23 heavy (non-hydrogen) atoms. The Kier molecular flexibility index (Phi) is 6.02. The number of nitrogens with one attached hydrogen (secondary N) is 2. The topological polar surface area (TPSA) is 109 Å². The van der Waals surface area contributed by atoms with Crippen LogP contribution >= 0.6 is 23.1 Å². The van der Waals surface area contributed by atoms with E-state index >= 15 is 0 Å². The zero-order valence-electron chi connectivity index (χ0n) is 12.3.